The Balaban J connectivity index is 1.96. The standard InChI is InChI=1S/C18H16Cl2N4O4S/c1-10-7-14(16(25)9-23-18(26)17(20)15(19)8-22-23)11(2)24(10)12-3-5-13(6-4-12)29(21,27)28/h3-8H,9H2,1-2H3,(H2,21,27,28). The number of carbonyl (C=O) groups is 1. The number of nitrogens with two attached hydrogens (primary N) is 1. The Hall–Kier alpha value is -2.46. The molecule has 0 amide bonds. The van der Waals surface area contributed by atoms with Gasteiger partial charge in [0.2, 0.25) is 10.0 Å². The summed E-state index contributed by atoms with van der Waals surface area (Å²) in [6, 6.07) is 7.67. The van der Waals surface area contributed by atoms with E-state index in [0.29, 0.717) is 16.9 Å². The van der Waals surface area contributed by atoms with Crippen LogP contribution in [0.3, 0.4) is 0 Å². The zero-order chi connectivity index (χ0) is 21.5. The maximum absolute atomic E-state index is 12.8. The molecule has 0 saturated carbocycles. The summed E-state index contributed by atoms with van der Waals surface area (Å²) in [7, 11) is -3.80. The summed E-state index contributed by atoms with van der Waals surface area (Å²) >= 11 is 11.6. The molecule has 3 aromatic rings. The van der Waals surface area contributed by atoms with Crippen molar-refractivity contribution in [3.8, 4) is 5.69 Å². The van der Waals surface area contributed by atoms with E-state index in [-0.39, 0.29) is 27.3 Å². The summed E-state index contributed by atoms with van der Waals surface area (Å²) in [6.07, 6.45) is 1.20. The lowest BCUT2D eigenvalue weighted by atomic mass is 10.1. The van der Waals surface area contributed by atoms with Gasteiger partial charge in [-0.25, -0.2) is 18.2 Å². The SMILES string of the molecule is Cc1cc(C(=O)Cn2ncc(Cl)c(Cl)c2=O)c(C)n1-c1ccc(S(N)(=O)=O)cc1. The van der Waals surface area contributed by atoms with Crippen LogP contribution in [0.2, 0.25) is 10.0 Å². The average molecular weight is 455 g/mol. The van der Waals surface area contributed by atoms with Crippen molar-refractivity contribution in [2.24, 2.45) is 5.14 Å². The van der Waals surface area contributed by atoms with Gasteiger partial charge >= 0.3 is 0 Å². The predicted octanol–water partition coefficient (Wildman–Crippen LogP) is 2.49. The minimum atomic E-state index is -3.80. The second-order valence-electron chi connectivity index (χ2n) is 6.35. The van der Waals surface area contributed by atoms with Crippen LogP contribution >= 0.6 is 23.2 Å². The molecule has 0 aliphatic carbocycles. The molecule has 2 heterocycles. The highest BCUT2D eigenvalue weighted by Crippen LogP contribution is 2.23. The van der Waals surface area contributed by atoms with Gasteiger partial charge in [-0.1, -0.05) is 23.2 Å². The summed E-state index contributed by atoms with van der Waals surface area (Å²) < 4.78 is 25.6. The van der Waals surface area contributed by atoms with Gasteiger partial charge in [0.25, 0.3) is 5.56 Å². The number of hydrogen-bond acceptors (Lipinski definition) is 5. The highest BCUT2D eigenvalue weighted by Gasteiger charge is 2.19. The van der Waals surface area contributed by atoms with Gasteiger partial charge in [-0.15, -0.1) is 0 Å². The van der Waals surface area contributed by atoms with Gasteiger partial charge < -0.3 is 4.57 Å². The molecule has 0 atom stereocenters. The molecule has 152 valence electrons. The van der Waals surface area contributed by atoms with Crippen LogP contribution in [-0.4, -0.2) is 28.5 Å². The van der Waals surface area contributed by atoms with E-state index in [9.17, 15) is 18.0 Å². The Bertz CT molecular complexity index is 1280. The van der Waals surface area contributed by atoms with Crippen molar-refractivity contribution in [1.29, 1.82) is 0 Å². The molecular weight excluding hydrogens is 439 g/mol. The molecule has 1 aromatic carbocycles. The summed E-state index contributed by atoms with van der Waals surface area (Å²) in [6.45, 7) is 3.25. The number of hydrogen-bond donors (Lipinski definition) is 1. The van der Waals surface area contributed by atoms with Crippen molar-refractivity contribution in [1.82, 2.24) is 14.3 Å². The molecule has 0 fully saturated rings. The van der Waals surface area contributed by atoms with Gasteiger partial charge in [-0.3, -0.25) is 9.59 Å². The topological polar surface area (TPSA) is 117 Å². The lowest BCUT2D eigenvalue weighted by Gasteiger charge is -2.11. The minimum Gasteiger partial charge on any atom is -0.318 e. The van der Waals surface area contributed by atoms with E-state index in [4.69, 9.17) is 28.3 Å². The first-order chi connectivity index (χ1) is 13.5. The summed E-state index contributed by atoms with van der Waals surface area (Å²) in [5.41, 5.74) is 1.79. The Labute approximate surface area is 176 Å². The second-order valence-corrected chi connectivity index (χ2v) is 8.70. The molecule has 0 unspecified atom stereocenters. The predicted molar refractivity (Wildman–Crippen MR) is 109 cm³/mol. The van der Waals surface area contributed by atoms with Crippen molar-refractivity contribution >= 4 is 39.0 Å². The zero-order valence-corrected chi connectivity index (χ0v) is 17.7. The highest BCUT2D eigenvalue weighted by molar-refractivity contribution is 7.89. The molecule has 0 bridgehead atoms. The largest absolute Gasteiger partial charge is 0.318 e. The third-order valence-electron chi connectivity index (χ3n) is 4.39. The Morgan fingerprint density at radius 3 is 2.38 bits per heavy atom. The minimum absolute atomic E-state index is 0.00919. The summed E-state index contributed by atoms with van der Waals surface area (Å²) in [5, 5.41) is 8.79. The number of carbonyl (C=O) groups excluding carboxylic acids is 1. The molecule has 29 heavy (non-hydrogen) atoms. The number of Topliss-reactive ketones (excluding diaryl/α,β-unsaturated/α-hetero) is 1. The third-order valence-corrected chi connectivity index (χ3v) is 6.07. The van der Waals surface area contributed by atoms with Crippen LogP contribution in [0.5, 0.6) is 0 Å². The second kappa shape index (κ2) is 7.75. The van der Waals surface area contributed by atoms with Gasteiger partial charge in [-0.2, -0.15) is 5.10 Å². The van der Waals surface area contributed by atoms with Crippen molar-refractivity contribution in [2.45, 2.75) is 25.3 Å². The van der Waals surface area contributed by atoms with E-state index in [0.717, 1.165) is 10.4 Å². The molecule has 2 aromatic heterocycles. The van der Waals surface area contributed by atoms with Gasteiger partial charge in [0.1, 0.15) is 11.6 Å². The summed E-state index contributed by atoms with van der Waals surface area (Å²) in [5.74, 6) is -0.335. The molecule has 0 aliphatic rings. The van der Waals surface area contributed by atoms with Crippen LogP contribution in [0.25, 0.3) is 5.69 Å². The van der Waals surface area contributed by atoms with Gasteiger partial charge in [0.05, 0.1) is 16.1 Å². The fourth-order valence-corrected chi connectivity index (χ4v) is 3.79. The average Bonchev–Trinajstić information content (AvgIpc) is 2.96. The number of aryl methyl sites for hydroxylation is 1. The normalized spacial score (nSPS) is 11.6. The highest BCUT2D eigenvalue weighted by atomic mass is 35.5. The Morgan fingerprint density at radius 2 is 1.79 bits per heavy atom. The van der Waals surface area contributed by atoms with Crippen molar-refractivity contribution < 1.29 is 13.2 Å². The number of rotatable bonds is 5. The first kappa shape index (κ1) is 21.3. The van der Waals surface area contributed by atoms with Crippen molar-refractivity contribution in [3.05, 3.63) is 73.9 Å². The number of primary sulfonamides is 1. The fraction of sp³-hybridized carbons (Fsp3) is 0.167. The van der Waals surface area contributed by atoms with E-state index in [1.54, 1.807) is 36.6 Å². The maximum atomic E-state index is 12.8. The molecule has 0 radical (unpaired) electrons. The van der Waals surface area contributed by atoms with Crippen LogP contribution in [0.15, 0.2) is 46.2 Å². The lowest BCUT2D eigenvalue weighted by molar-refractivity contribution is 0.0965. The molecule has 3 rings (SSSR count). The lowest BCUT2D eigenvalue weighted by Crippen LogP contribution is -2.27. The third kappa shape index (κ3) is 4.13. The molecular formula is C18H16Cl2N4O4S. The van der Waals surface area contributed by atoms with Crippen LogP contribution in [0.1, 0.15) is 21.7 Å². The smallest absolute Gasteiger partial charge is 0.287 e. The number of nitrogens with zero attached hydrogens (tertiary/aromatic N) is 3. The van der Waals surface area contributed by atoms with E-state index in [1.165, 1.54) is 18.3 Å². The number of benzene rings is 1. The molecule has 11 heteroatoms. The van der Waals surface area contributed by atoms with Crippen LogP contribution in [-0.2, 0) is 16.6 Å². The van der Waals surface area contributed by atoms with Crippen molar-refractivity contribution in [3.63, 3.8) is 0 Å². The van der Waals surface area contributed by atoms with Gasteiger partial charge in [-0.05, 0) is 44.2 Å². The molecule has 2 N–H and O–H groups in total. The molecule has 8 nitrogen and oxygen atoms in total. The zero-order valence-electron chi connectivity index (χ0n) is 15.4. The molecule has 0 aliphatic heterocycles. The van der Waals surface area contributed by atoms with E-state index >= 15 is 0 Å². The summed E-state index contributed by atoms with van der Waals surface area (Å²) in [4.78, 5) is 24.9. The van der Waals surface area contributed by atoms with E-state index < -0.39 is 15.6 Å². The van der Waals surface area contributed by atoms with Crippen LogP contribution in [0, 0.1) is 13.8 Å². The van der Waals surface area contributed by atoms with Crippen LogP contribution < -0.4 is 10.7 Å². The number of halogens is 2. The van der Waals surface area contributed by atoms with Crippen LogP contribution in [0.4, 0.5) is 0 Å². The first-order valence-corrected chi connectivity index (χ1v) is 10.6. The van der Waals surface area contributed by atoms with E-state index in [2.05, 4.69) is 5.10 Å². The number of ketones is 1. The Morgan fingerprint density at radius 1 is 1.17 bits per heavy atom. The van der Waals surface area contributed by atoms with Gasteiger partial charge in [0, 0.05) is 22.6 Å². The number of aromatic nitrogens is 3. The fourth-order valence-electron chi connectivity index (χ4n) is 3.01. The van der Waals surface area contributed by atoms with E-state index in [1.807, 2.05) is 0 Å². The number of sulfonamides is 1. The monoisotopic (exact) mass is 454 g/mol. The van der Waals surface area contributed by atoms with Gasteiger partial charge in [0.15, 0.2) is 5.78 Å². The maximum Gasteiger partial charge on any atom is 0.287 e. The quantitative estimate of drug-likeness (QED) is 0.594. The molecule has 0 spiro atoms. The van der Waals surface area contributed by atoms with Crippen molar-refractivity contribution in [2.75, 3.05) is 0 Å². The Kier molecular flexibility index (Phi) is 5.68. The first-order valence-electron chi connectivity index (χ1n) is 8.27. The molecule has 0 saturated heterocycles.